The molecular formula is C23H27N3O7S. The lowest BCUT2D eigenvalue weighted by molar-refractivity contribution is -0.118. The highest BCUT2D eigenvalue weighted by Crippen LogP contribution is 2.29. The molecule has 2 heterocycles. The lowest BCUT2D eigenvalue weighted by Gasteiger charge is -2.26. The number of hydrogen-bond donors (Lipinski definition) is 1. The van der Waals surface area contributed by atoms with Crippen LogP contribution in [0.5, 0.6) is 11.5 Å². The van der Waals surface area contributed by atoms with Gasteiger partial charge in [0.1, 0.15) is 11.5 Å². The standard InChI is InChI=1S/C23H27N3O7S/c1-31-21-9-8-19(34(29,30)25-11-13-32-14-12-25)15-20(21)24-22(27)16-33-18-6-4-17(5-7-18)26-10-2-3-23(26)28/h4-9,15H,2-3,10-14,16H2,1H3,(H,24,27). The van der Waals surface area contributed by atoms with Crippen LogP contribution in [0, 0.1) is 0 Å². The molecule has 0 aliphatic carbocycles. The van der Waals surface area contributed by atoms with Gasteiger partial charge in [0.25, 0.3) is 5.91 Å². The van der Waals surface area contributed by atoms with Gasteiger partial charge < -0.3 is 24.4 Å². The summed E-state index contributed by atoms with van der Waals surface area (Å²) >= 11 is 0. The van der Waals surface area contributed by atoms with E-state index in [9.17, 15) is 18.0 Å². The minimum absolute atomic E-state index is 0.0541. The van der Waals surface area contributed by atoms with E-state index >= 15 is 0 Å². The van der Waals surface area contributed by atoms with Gasteiger partial charge >= 0.3 is 0 Å². The SMILES string of the molecule is COc1ccc(S(=O)(=O)N2CCOCC2)cc1NC(=O)COc1ccc(N2CCCC2=O)cc1. The number of hydrogen-bond acceptors (Lipinski definition) is 7. The molecule has 2 amide bonds. The minimum atomic E-state index is -3.73. The zero-order valence-corrected chi connectivity index (χ0v) is 19.7. The van der Waals surface area contributed by atoms with E-state index in [-0.39, 0.29) is 36.2 Å². The number of carbonyl (C=O) groups excluding carboxylic acids is 2. The molecule has 182 valence electrons. The monoisotopic (exact) mass is 489 g/mol. The summed E-state index contributed by atoms with van der Waals surface area (Å²) in [5.41, 5.74) is 1.02. The van der Waals surface area contributed by atoms with Crippen molar-refractivity contribution in [2.45, 2.75) is 17.7 Å². The highest BCUT2D eigenvalue weighted by Gasteiger charge is 2.27. The number of ether oxygens (including phenoxy) is 3. The Kier molecular flexibility index (Phi) is 7.35. The van der Waals surface area contributed by atoms with Crippen molar-refractivity contribution in [3.05, 3.63) is 42.5 Å². The molecule has 4 rings (SSSR count). The third kappa shape index (κ3) is 5.32. The molecule has 0 radical (unpaired) electrons. The van der Waals surface area contributed by atoms with E-state index in [4.69, 9.17) is 14.2 Å². The fourth-order valence-electron chi connectivity index (χ4n) is 3.86. The molecule has 1 N–H and O–H groups in total. The number of carbonyl (C=O) groups is 2. The molecule has 34 heavy (non-hydrogen) atoms. The predicted molar refractivity (Wildman–Crippen MR) is 125 cm³/mol. The van der Waals surface area contributed by atoms with Crippen LogP contribution in [0.1, 0.15) is 12.8 Å². The normalized spacial score (nSPS) is 17.0. The Morgan fingerprint density at radius 3 is 2.47 bits per heavy atom. The first-order chi connectivity index (χ1) is 16.4. The third-order valence-corrected chi connectivity index (χ3v) is 7.54. The number of benzene rings is 2. The summed E-state index contributed by atoms with van der Waals surface area (Å²) in [7, 11) is -2.29. The van der Waals surface area contributed by atoms with Gasteiger partial charge in [-0.15, -0.1) is 0 Å². The molecule has 2 fully saturated rings. The van der Waals surface area contributed by atoms with E-state index in [1.807, 2.05) is 0 Å². The topological polar surface area (TPSA) is 114 Å². The largest absolute Gasteiger partial charge is 0.495 e. The average Bonchev–Trinajstić information content (AvgIpc) is 3.29. The molecule has 0 atom stereocenters. The molecule has 0 aromatic heterocycles. The van der Waals surface area contributed by atoms with E-state index in [2.05, 4.69) is 5.32 Å². The van der Waals surface area contributed by atoms with Crippen LogP contribution in [0.3, 0.4) is 0 Å². The summed E-state index contributed by atoms with van der Waals surface area (Å²) in [6, 6.07) is 11.3. The molecule has 10 nitrogen and oxygen atoms in total. The Labute approximate surface area is 198 Å². The minimum Gasteiger partial charge on any atom is -0.495 e. The van der Waals surface area contributed by atoms with Gasteiger partial charge in [0.15, 0.2) is 6.61 Å². The molecular weight excluding hydrogens is 462 g/mol. The van der Waals surface area contributed by atoms with Crippen LogP contribution in [0.2, 0.25) is 0 Å². The van der Waals surface area contributed by atoms with Crippen molar-refractivity contribution in [1.29, 1.82) is 0 Å². The number of methoxy groups -OCH3 is 1. The maximum atomic E-state index is 12.9. The predicted octanol–water partition coefficient (Wildman–Crippen LogP) is 1.86. The lowest BCUT2D eigenvalue weighted by atomic mass is 10.3. The van der Waals surface area contributed by atoms with Crippen molar-refractivity contribution >= 4 is 33.2 Å². The van der Waals surface area contributed by atoms with Crippen LogP contribution >= 0.6 is 0 Å². The second-order valence-electron chi connectivity index (χ2n) is 7.86. The number of amides is 2. The van der Waals surface area contributed by atoms with Crippen molar-refractivity contribution in [2.75, 3.05) is 56.8 Å². The van der Waals surface area contributed by atoms with Gasteiger partial charge in [0, 0.05) is 31.7 Å². The zero-order chi connectivity index (χ0) is 24.1. The van der Waals surface area contributed by atoms with Crippen molar-refractivity contribution < 1.29 is 32.2 Å². The van der Waals surface area contributed by atoms with Crippen molar-refractivity contribution in [1.82, 2.24) is 4.31 Å². The smallest absolute Gasteiger partial charge is 0.262 e. The summed E-state index contributed by atoms with van der Waals surface area (Å²) < 4.78 is 43.3. The zero-order valence-electron chi connectivity index (χ0n) is 18.9. The maximum Gasteiger partial charge on any atom is 0.262 e. The molecule has 2 saturated heterocycles. The highest BCUT2D eigenvalue weighted by molar-refractivity contribution is 7.89. The number of nitrogens with zero attached hydrogens (tertiary/aromatic N) is 2. The number of rotatable bonds is 8. The fraction of sp³-hybridized carbons (Fsp3) is 0.391. The van der Waals surface area contributed by atoms with Crippen molar-refractivity contribution in [3.8, 4) is 11.5 Å². The Bertz CT molecular complexity index is 1150. The Morgan fingerprint density at radius 2 is 1.82 bits per heavy atom. The number of sulfonamides is 1. The molecule has 11 heteroatoms. The molecule has 2 aliphatic rings. The first kappa shape index (κ1) is 24.0. The summed E-state index contributed by atoms with van der Waals surface area (Å²) in [6.45, 7) is 1.63. The highest BCUT2D eigenvalue weighted by atomic mass is 32.2. The van der Waals surface area contributed by atoms with Crippen LogP contribution in [0.25, 0.3) is 0 Å². The molecule has 2 aromatic rings. The van der Waals surface area contributed by atoms with Crippen LogP contribution in [0.4, 0.5) is 11.4 Å². The fourth-order valence-corrected chi connectivity index (χ4v) is 5.29. The van der Waals surface area contributed by atoms with Gasteiger partial charge in [0.05, 0.1) is 30.9 Å². The molecule has 0 saturated carbocycles. The third-order valence-electron chi connectivity index (χ3n) is 5.64. The quantitative estimate of drug-likeness (QED) is 0.602. The van der Waals surface area contributed by atoms with Crippen molar-refractivity contribution in [2.24, 2.45) is 0 Å². The van der Waals surface area contributed by atoms with Gasteiger partial charge in [0.2, 0.25) is 15.9 Å². The first-order valence-corrected chi connectivity index (χ1v) is 12.4. The Balaban J connectivity index is 1.40. The van der Waals surface area contributed by atoms with Crippen LogP contribution in [-0.4, -0.2) is 71.1 Å². The van der Waals surface area contributed by atoms with E-state index in [1.165, 1.54) is 29.6 Å². The van der Waals surface area contributed by atoms with E-state index in [1.54, 1.807) is 29.2 Å². The Morgan fingerprint density at radius 1 is 1.09 bits per heavy atom. The van der Waals surface area contributed by atoms with Gasteiger partial charge in [-0.2, -0.15) is 4.31 Å². The molecule has 0 unspecified atom stereocenters. The summed E-state index contributed by atoms with van der Waals surface area (Å²) in [6.07, 6.45) is 1.40. The number of anilines is 2. The van der Waals surface area contributed by atoms with Gasteiger partial charge in [-0.25, -0.2) is 8.42 Å². The second kappa shape index (κ2) is 10.4. The molecule has 0 bridgehead atoms. The van der Waals surface area contributed by atoms with E-state index in [0.29, 0.717) is 37.7 Å². The lowest BCUT2D eigenvalue weighted by Crippen LogP contribution is -2.40. The molecule has 2 aliphatic heterocycles. The summed E-state index contributed by atoms with van der Waals surface area (Å²) in [5, 5.41) is 2.66. The van der Waals surface area contributed by atoms with E-state index in [0.717, 1.165) is 12.1 Å². The second-order valence-corrected chi connectivity index (χ2v) is 9.80. The van der Waals surface area contributed by atoms with Crippen LogP contribution in [0.15, 0.2) is 47.4 Å². The average molecular weight is 490 g/mol. The number of morpholine rings is 1. The summed E-state index contributed by atoms with van der Waals surface area (Å²) in [4.78, 5) is 26.2. The molecule has 2 aromatic carbocycles. The summed E-state index contributed by atoms with van der Waals surface area (Å²) in [5.74, 6) is 0.424. The van der Waals surface area contributed by atoms with E-state index < -0.39 is 15.9 Å². The molecule has 0 spiro atoms. The number of nitrogens with one attached hydrogen (secondary N) is 1. The first-order valence-electron chi connectivity index (χ1n) is 11.0. The van der Waals surface area contributed by atoms with Gasteiger partial charge in [-0.1, -0.05) is 0 Å². The van der Waals surface area contributed by atoms with Gasteiger partial charge in [-0.05, 0) is 48.9 Å². The maximum absolute atomic E-state index is 12.9. The van der Waals surface area contributed by atoms with Crippen LogP contribution < -0.4 is 19.7 Å². The van der Waals surface area contributed by atoms with Crippen LogP contribution in [-0.2, 0) is 24.3 Å². The Hall–Kier alpha value is -3.15. The van der Waals surface area contributed by atoms with Gasteiger partial charge in [-0.3, -0.25) is 9.59 Å². The van der Waals surface area contributed by atoms with Crippen molar-refractivity contribution in [3.63, 3.8) is 0 Å².